The summed E-state index contributed by atoms with van der Waals surface area (Å²) in [5, 5.41) is 4.16. The van der Waals surface area contributed by atoms with Crippen molar-refractivity contribution >= 4 is 46.8 Å². The van der Waals surface area contributed by atoms with Gasteiger partial charge in [-0.3, -0.25) is 9.59 Å². The Bertz CT molecular complexity index is 890. The molecule has 0 aliphatic heterocycles. The molecule has 0 radical (unpaired) electrons. The number of thioether (sulfide) groups is 1. The van der Waals surface area contributed by atoms with Crippen LogP contribution in [0.1, 0.15) is 43.9 Å². The number of amides is 2. The second-order valence-corrected chi connectivity index (χ2v) is 9.56. The van der Waals surface area contributed by atoms with Crippen LogP contribution in [-0.4, -0.2) is 34.6 Å². The number of carbonyl (C=O) groups excluding carboxylic acids is 2. The number of rotatable bonds is 10. The van der Waals surface area contributed by atoms with Crippen LogP contribution in [0.25, 0.3) is 0 Å². The quantitative estimate of drug-likeness (QED) is 0.462. The first kappa shape index (κ1) is 25.6. The minimum atomic E-state index is -0.567. The van der Waals surface area contributed by atoms with Crippen molar-refractivity contribution < 1.29 is 9.59 Å². The highest BCUT2D eigenvalue weighted by Crippen LogP contribution is 2.25. The summed E-state index contributed by atoms with van der Waals surface area (Å²) in [5.74, 6) is 0.627. The number of benzene rings is 2. The summed E-state index contributed by atoms with van der Waals surface area (Å²) in [6, 6.07) is 12.9. The van der Waals surface area contributed by atoms with Gasteiger partial charge in [0.1, 0.15) is 6.04 Å². The van der Waals surface area contributed by atoms with Gasteiger partial charge in [-0.1, -0.05) is 66.0 Å². The number of aryl methyl sites for hydroxylation is 1. The van der Waals surface area contributed by atoms with Gasteiger partial charge in [0.05, 0.1) is 5.75 Å². The number of nitrogens with one attached hydrogen (secondary N) is 1. The minimum absolute atomic E-state index is 0.0627. The number of hydrogen-bond donors (Lipinski definition) is 1. The predicted octanol–water partition coefficient (Wildman–Crippen LogP) is 5.87. The molecule has 1 N–H and O–H groups in total. The van der Waals surface area contributed by atoms with Gasteiger partial charge in [-0.05, 0) is 50.5 Å². The third-order valence-corrected chi connectivity index (χ3v) is 6.69. The maximum Gasteiger partial charge on any atom is 0.242 e. The Balaban J connectivity index is 2.08. The first-order valence-electron chi connectivity index (χ1n) is 10.4. The van der Waals surface area contributed by atoms with Gasteiger partial charge in [-0.2, -0.15) is 0 Å². The second kappa shape index (κ2) is 12.4. The highest BCUT2D eigenvalue weighted by molar-refractivity contribution is 7.99. The Hall–Kier alpha value is -1.69. The standard InChI is InChI=1S/C24H30Cl2N2O2S/c1-5-17(3)27-24(30)18(4)28(13-19-8-6-16(2)7-9-19)23(29)15-31-14-20-10-11-21(25)12-22(20)26/h6-12,17-18H,5,13-15H2,1-4H3,(H,27,30). The van der Waals surface area contributed by atoms with E-state index in [0.717, 1.165) is 23.1 Å². The summed E-state index contributed by atoms with van der Waals surface area (Å²) in [4.78, 5) is 27.5. The van der Waals surface area contributed by atoms with Crippen LogP contribution in [0.5, 0.6) is 0 Å². The molecular weight excluding hydrogens is 451 g/mol. The van der Waals surface area contributed by atoms with Gasteiger partial charge >= 0.3 is 0 Å². The van der Waals surface area contributed by atoms with E-state index in [4.69, 9.17) is 23.2 Å². The van der Waals surface area contributed by atoms with E-state index in [9.17, 15) is 9.59 Å². The Morgan fingerprint density at radius 1 is 1.10 bits per heavy atom. The summed E-state index contributed by atoms with van der Waals surface area (Å²) in [7, 11) is 0. The van der Waals surface area contributed by atoms with E-state index in [1.165, 1.54) is 11.8 Å². The van der Waals surface area contributed by atoms with Crippen LogP contribution >= 0.6 is 35.0 Å². The summed E-state index contributed by atoms with van der Waals surface area (Å²) in [6.45, 7) is 8.17. The van der Waals surface area contributed by atoms with Gasteiger partial charge in [0, 0.05) is 28.4 Å². The zero-order valence-electron chi connectivity index (χ0n) is 18.5. The lowest BCUT2D eigenvalue weighted by molar-refractivity contribution is -0.138. The van der Waals surface area contributed by atoms with Crippen LogP contribution < -0.4 is 5.32 Å². The van der Waals surface area contributed by atoms with E-state index in [2.05, 4.69) is 5.32 Å². The molecule has 0 saturated carbocycles. The molecule has 0 heterocycles. The molecular formula is C24H30Cl2N2O2S. The van der Waals surface area contributed by atoms with Crippen molar-refractivity contribution in [1.29, 1.82) is 0 Å². The molecule has 2 unspecified atom stereocenters. The van der Waals surface area contributed by atoms with Gasteiger partial charge in [0.2, 0.25) is 11.8 Å². The van der Waals surface area contributed by atoms with Crippen LogP contribution in [0, 0.1) is 6.92 Å². The highest BCUT2D eigenvalue weighted by atomic mass is 35.5. The smallest absolute Gasteiger partial charge is 0.242 e. The molecule has 4 nitrogen and oxygen atoms in total. The maximum absolute atomic E-state index is 13.1. The van der Waals surface area contributed by atoms with E-state index in [0.29, 0.717) is 22.3 Å². The van der Waals surface area contributed by atoms with Gasteiger partial charge in [-0.25, -0.2) is 0 Å². The maximum atomic E-state index is 13.1. The number of nitrogens with zero attached hydrogens (tertiary/aromatic N) is 1. The van der Waals surface area contributed by atoms with Crippen LogP contribution in [0.4, 0.5) is 0 Å². The van der Waals surface area contributed by atoms with Gasteiger partial charge in [0.25, 0.3) is 0 Å². The van der Waals surface area contributed by atoms with Crippen molar-refractivity contribution in [2.24, 2.45) is 0 Å². The molecule has 7 heteroatoms. The van der Waals surface area contributed by atoms with Crippen molar-refractivity contribution in [2.75, 3.05) is 5.75 Å². The Morgan fingerprint density at radius 2 is 1.77 bits per heavy atom. The fourth-order valence-corrected chi connectivity index (χ4v) is 4.38. The molecule has 0 bridgehead atoms. The Kier molecular flexibility index (Phi) is 10.2. The van der Waals surface area contributed by atoms with Gasteiger partial charge in [-0.15, -0.1) is 11.8 Å². The van der Waals surface area contributed by atoms with E-state index >= 15 is 0 Å². The molecule has 168 valence electrons. The topological polar surface area (TPSA) is 49.4 Å². The van der Waals surface area contributed by atoms with Crippen LogP contribution in [-0.2, 0) is 21.9 Å². The Labute approximate surface area is 199 Å². The van der Waals surface area contributed by atoms with Crippen LogP contribution in [0.15, 0.2) is 42.5 Å². The number of carbonyl (C=O) groups is 2. The molecule has 2 rings (SSSR count). The molecule has 31 heavy (non-hydrogen) atoms. The van der Waals surface area contributed by atoms with Crippen molar-refractivity contribution in [3.8, 4) is 0 Å². The molecule has 0 aliphatic rings. The molecule has 0 spiro atoms. The Morgan fingerprint density at radius 3 is 2.39 bits per heavy atom. The lowest BCUT2D eigenvalue weighted by Gasteiger charge is -2.29. The van der Waals surface area contributed by atoms with E-state index < -0.39 is 6.04 Å². The summed E-state index contributed by atoms with van der Waals surface area (Å²) < 4.78 is 0. The van der Waals surface area contributed by atoms with Gasteiger partial charge < -0.3 is 10.2 Å². The largest absolute Gasteiger partial charge is 0.352 e. The highest BCUT2D eigenvalue weighted by Gasteiger charge is 2.26. The number of halogens is 2. The molecule has 2 aromatic carbocycles. The van der Waals surface area contributed by atoms with Crippen molar-refractivity contribution in [1.82, 2.24) is 10.2 Å². The lowest BCUT2D eigenvalue weighted by atomic mass is 10.1. The fraction of sp³-hybridized carbons (Fsp3) is 0.417. The molecule has 0 saturated heterocycles. The van der Waals surface area contributed by atoms with Crippen molar-refractivity contribution in [3.05, 3.63) is 69.2 Å². The van der Waals surface area contributed by atoms with Crippen LogP contribution in [0.2, 0.25) is 10.0 Å². The zero-order valence-corrected chi connectivity index (χ0v) is 20.8. The SMILES string of the molecule is CCC(C)NC(=O)C(C)N(Cc1ccc(C)cc1)C(=O)CSCc1ccc(Cl)cc1Cl. The minimum Gasteiger partial charge on any atom is -0.352 e. The molecule has 0 aliphatic carbocycles. The average Bonchev–Trinajstić information content (AvgIpc) is 2.74. The monoisotopic (exact) mass is 480 g/mol. The van der Waals surface area contributed by atoms with E-state index in [-0.39, 0.29) is 23.6 Å². The van der Waals surface area contributed by atoms with Crippen molar-refractivity contribution in [3.63, 3.8) is 0 Å². The molecule has 2 atom stereocenters. The average molecular weight is 481 g/mol. The molecule has 2 amide bonds. The molecule has 0 aromatic heterocycles. The van der Waals surface area contributed by atoms with E-state index in [1.54, 1.807) is 24.0 Å². The van der Waals surface area contributed by atoms with E-state index in [1.807, 2.05) is 51.1 Å². The summed E-state index contributed by atoms with van der Waals surface area (Å²) in [6.07, 6.45) is 0.835. The predicted molar refractivity (Wildman–Crippen MR) is 132 cm³/mol. The fourth-order valence-electron chi connectivity index (χ4n) is 2.91. The zero-order chi connectivity index (χ0) is 23.0. The van der Waals surface area contributed by atoms with Crippen LogP contribution in [0.3, 0.4) is 0 Å². The summed E-state index contributed by atoms with van der Waals surface area (Å²) in [5.41, 5.74) is 3.07. The summed E-state index contributed by atoms with van der Waals surface area (Å²) >= 11 is 13.7. The lowest BCUT2D eigenvalue weighted by Crippen LogP contribution is -2.50. The third kappa shape index (κ3) is 8.06. The molecule has 0 fully saturated rings. The second-order valence-electron chi connectivity index (χ2n) is 7.73. The third-order valence-electron chi connectivity index (χ3n) is 5.14. The molecule has 2 aromatic rings. The first-order valence-corrected chi connectivity index (χ1v) is 12.3. The normalized spacial score (nSPS) is 12.8. The van der Waals surface area contributed by atoms with Gasteiger partial charge in [0.15, 0.2) is 0 Å². The first-order chi connectivity index (χ1) is 14.7. The number of hydrogen-bond acceptors (Lipinski definition) is 3. The van der Waals surface area contributed by atoms with Crippen molar-refractivity contribution in [2.45, 2.75) is 58.5 Å².